The van der Waals surface area contributed by atoms with Crippen molar-refractivity contribution in [2.75, 3.05) is 60.4 Å². The molecular weight excluding hydrogens is 302 g/mol. The zero-order valence-corrected chi connectivity index (χ0v) is 15.4. The van der Waals surface area contributed by atoms with Crippen LogP contribution in [0.25, 0.3) is 0 Å². The van der Waals surface area contributed by atoms with Crippen LogP contribution in [0, 0.1) is 0 Å². The lowest BCUT2D eigenvalue weighted by molar-refractivity contribution is 0.116. The Morgan fingerprint density at radius 1 is 1.25 bits per heavy atom. The first-order valence-electron chi connectivity index (χ1n) is 8.89. The molecule has 3 rings (SSSR count). The number of hydrogen-bond donors (Lipinski definition) is 1. The summed E-state index contributed by atoms with van der Waals surface area (Å²) in [5, 5.41) is 7.90. The molecule has 2 fully saturated rings. The Bertz CT molecular complexity index is 567. The molecule has 0 bridgehead atoms. The minimum Gasteiger partial charge on any atom is -0.355 e. The van der Waals surface area contributed by atoms with Crippen LogP contribution in [-0.4, -0.2) is 96.9 Å². The van der Waals surface area contributed by atoms with Gasteiger partial charge in [-0.25, -0.2) is 0 Å². The van der Waals surface area contributed by atoms with Gasteiger partial charge >= 0.3 is 0 Å². The fourth-order valence-electron chi connectivity index (χ4n) is 3.74. The highest BCUT2D eigenvalue weighted by Gasteiger charge is 2.28. The number of aliphatic imine (C=N–C) groups is 1. The SMILES string of the molecule is CN=C(NCC1CN(C)CCN1C)N1CCC(c2cnn(C)c2)C1. The zero-order valence-electron chi connectivity index (χ0n) is 15.4. The summed E-state index contributed by atoms with van der Waals surface area (Å²) in [5.41, 5.74) is 1.34. The summed E-state index contributed by atoms with van der Waals surface area (Å²) in [6.07, 6.45) is 5.30. The van der Waals surface area contributed by atoms with Crippen molar-refractivity contribution in [3.63, 3.8) is 0 Å². The molecule has 3 heterocycles. The van der Waals surface area contributed by atoms with Crippen molar-refractivity contribution in [1.82, 2.24) is 29.8 Å². The van der Waals surface area contributed by atoms with Crippen LogP contribution < -0.4 is 5.32 Å². The standard InChI is InChI=1S/C17H31N7/c1-18-17(19-10-16-13-21(2)7-8-22(16)3)24-6-5-14(12-24)15-9-20-23(4)11-15/h9,11,14,16H,5-8,10,12-13H2,1-4H3,(H,18,19). The van der Waals surface area contributed by atoms with Crippen molar-refractivity contribution in [2.45, 2.75) is 18.4 Å². The molecule has 0 amide bonds. The third kappa shape index (κ3) is 3.89. The van der Waals surface area contributed by atoms with Crippen molar-refractivity contribution in [3.05, 3.63) is 18.0 Å². The van der Waals surface area contributed by atoms with Crippen LogP contribution in [0.4, 0.5) is 0 Å². The average molecular weight is 333 g/mol. The minimum absolute atomic E-state index is 0.539. The quantitative estimate of drug-likeness (QED) is 0.625. The average Bonchev–Trinajstić information content (AvgIpc) is 3.20. The van der Waals surface area contributed by atoms with Crippen LogP contribution >= 0.6 is 0 Å². The Morgan fingerprint density at radius 3 is 2.79 bits per heavy atom. The molecule has 7 nitrogen and oxygen atoms in total. The molecule has 7 heteroatoms. The molecule has 2 unspecified atom stereocenters. The van der Waals surface area contributed by atoms with E-state index in [1.54, 1.807) is 0 Å². The minimum atomic E-state index is 0.539. The molecular formula is C17H31N7. The molecule has 24 heavy (non-hydrogen) atoms. The number of likely N-dealkylation sites (N-methyl/N-ethyl adjacent to an activating group) is 2. The van der Waals surface area contributed by atoms with Gasteiger partial charge in [-0.1, -0.05) is 0 Å². The molecule has 2 atom stereocenters. The topological polar surface area (TPSA) is 51.9 Å². The van der Waals surface area contributed by atoms with Gasteiger partial charge in [0, 0.05) is 71.5 Å². The van der Waals surface area contributed by atoms with Gasteiger partial charge in [0.05, 0.1) is 6.20 Å². The van der Waals surface area contributed by atoms with Crippen LogP contribution in [0.2, 0.25) is 0 Å². The van der Waals surface area contributed by atoms with Crippen LogP contribution in [-0.2, 0) is 7.05 Å². The normalized spacial score (nSPS) is 27.0. The summed E-state index contributed by atoms with van der Waals surface area (Å²) in [6.45, 7) is 6.42. The maximum atomic E-state index is 4.51. The molecule has 2 aliphatic rings. The molecule has 2 aliphatic heterocycles. The van der Waals surface area contributed by atoms with Gasteiger partial charge in [-0.2, -0.15) is 5.10 Å². The number of aromatic nitrogens is 2. The van der Waals surface area contributed by atoms with Crippen LogP contribution in [0.15, 0.2) is 17.4 Å². The van der Waals surface area contributed by atoms with E-state index in [1.807, 2.05) is 25.0 Å². The lowest BCUT2D eigenvalue weighted by Crippen LogP contribution is -2.55. The highest BCUT2D eigenvalue weighted by atomic mass is 15.3. The second-order valence-electron chi connectivity index (χ2n) is 7.20. The van der Waals surface area contributed by atoms with Gasteiger partial charge in [0.1, 0.15) is 0 Å². The van der Waals surface area contributed by atoms with E-state index in [1.165, 1.54) is 12.0 Å². The lowest BCUT2D eigenvalue weighted by atomic mass is 10.0. The number of nitrogens with zero attached hydrogens (tertiary/aromatic N) is 6. The van der Waals surface area contributed by atoms with E-state index in [0.29, 0.717) is 12.0 Å². The summed E-state index contributed by atoms with van der Waals surface area (Å²) in [5.74, 6) is 1.59. The van der Waals surface area contributed by atoms with Gasteiger partial charge in [-0.15, -0.1) is 0 Å². The summed E-state index contributed by atoms with van der Waals surface area (Å²) in [7, 11) is 8.29. The van der Waals surface area contributed by atoms with Gasteiger partial charge < -0.3 is 15.1 Å². The van der Waals surface area contributed by atoms with Crippen molar-refractivity contribution < 1.29 is 0 Å². The van der Waals surface area contributed by atoms with Gasteiger partial charge in [0.2, 0.25) is 0 Å². The Hall–Kier alpha value is -1.60. The first-order chi connectivity index (χ1) is 11.6. The van der Waals surface area contributed by atoms with E-state index < -0.39 is 0 Å². The zero-order chi connectivity index (χ0) is 17.1. The highest BCUT2D eigenvalue weighted by Crippen LogP contribution is 2.26. The monoisotopic (exact) mass is 333 g/mol. The van der Waals surface area contributed by atoms with E-state index in [9.17, 15) is 0 Å². The summed E-state index contributed by atoms with van der Waals surface area (Å²) >= 11 is 0. The van der Waals surface area contributed by atoms with E-state index in [2.05, 4.69) is 50.4 Å². The fraction of sp³-hybridized carbons (Fsp3) is 0.765. The Kier molecular flexibility index (Phi) is 5.40. The number of guanidine groups is 1. The molecule has 0 aliphatic carbocycles. The van der Waals surface area contributed by atoms with Gasteiger partial charge in [-0.3, -0.25) is 14.6 Å². The summed E-state index contributed by atoms with van der Waals surface area (Å²) in [4.78, 5) is 11.7. The Morgan fingerprint density at radius 2 is 2.08 bits per heavy atom. The molecule has 1 aromatic rings. The molecule has 0 saturated carbocycles. The molecule has 134 valence electrons. The van der Waals surface area contributed by atoms with E-state index in [4.69, 9.17) is 0 Å². The number of likely N-dealkylation sites (tertiary alicyclic amines) is 1. The molecule has 1 aromatic heterocycles. The predicted octanol–water partition coefficient (Wildman–Crippen LogP) is 0.0306. The fourth-order valence-corrected chi connectivity index (χ4v) is 3.74. The lowest BCUT2D eigenvalue weighted by Gasteiger charge is -2.38. The smallest absolute Gasteiger partial charge is 0.193 e. The molecule has 0 radical (unpaired) electrons. The number of rotatable bonds is 3. The molecule has 2 saturated heterocycles. The van der Waals surface area contributed by atoms with Crippen LogP contribution in [0.3, 0.4) is 0 Å². The maximum Gasteiger partial charge on any atom is 0.193 e. The Labute approximate surface area is 145 Å². The van der Waals surface area contributed by atoms with Gasteiger partial charge in [0.25, 0.3) is 0 Å². The summed E-state index contributed by atoms with van der Waals surface area (Å²) < 4.78 is 1.89. The second-order valence-corrected chi connectivity index (χ2v) is 7.20. The predicted molar refractivity (Wildman–Crippen MR) is 97.4 cm³/mol. The van der Waals surface area contributed by atoms with E-state index in [0.717, 1.165) is 45.2 Å². The van der Waals surface area contributed by atoms with E-state index in [-0.39, 0.29) is 0 Å². The maximum absolute atomic E-state index is 4.51. The number of aryl methyl sites for hydroxylation is 1. The third-order valence-corrected chi connectivity index (χ3v) is 5.37. The number of piperazine rings is 1. The van der Waals surface area contributed by atoms with E-state index >= 15 is 0 Å². The third-order valence-electron chi connectivity index (χ3n) is 5.37. The Balaban J connectivity index is 1.53. The van der Waals surface area contributed by atoms with Crippen molar-refractivity contribution >= 4 is 5.96 Å². The summed E-state index contributed by atoms with van der Waals surface area (Å²) in [6, 6.07) is 0.539. The van der Waals surface area contributed by atoms with Crippen LogP contribution in [0.1, 0.15) is 17.9 Å². The molecule has 1 N–H and O–H groups in total. The largest absolute Gasteiger partial charge is 0.355 e. The number of nitrogens with one attached hydrogen (secondary N) is 1. The van der Waals surface area contributed by atoms with Crippen molar-refractivity contribution in [1.29, 1.82) is 0 Å². The first kappa shape index (κ1) is 17.2. The van der Waals surface area contributed by atoms with Crippen molar-refractivity contribution in [2.24, 2.45) is 12.0 Å². The second kappa shape index (κ2) is 7.53. The first-order valence-corrected chi connectivity index (χ1v) is 8.89. The van der Waals surface area contributed by atoms with Gasteiger partial charge in [-0.05, 0) is 26.1 Å². The number of hydrogen-bond acceptors (Lipinski definition) is 4. The van der Waals surface area contributed by atoms with Gasteiger partial charge in [0.15, 0.2) is 5.96 Å². The molecule has 0 spiro atoms. The highest BCUT2D eigenvalue weighted by molar-refractivity contribution is 5.80. The van der Waals surface area contributed by atoms with Crippen molar-refractivity contribution in [3.8, 4) is 0 Å². The molecule has 0 aromatic carbocycles. The van der Waals surface area contributed by atoms with Crippen LogP contribution in [0.5, 0.6) is 0 Å².